The van der Waals surface area contributed by atoms with Gasteiger partial charge in [-0.05, 0) is 67.7 Å². The quantitative estimate of drug-likeness (QED) is 0.152. The third-order valence-corrected chi connectivity index (χ3v) is 5.96. The molecule has 0 saturated heterocycles. The third-order valence-electron chi connectivity index (χ3n) is 5.96. The maximum absolute atomic E-state index is 14.2. The molecule has 5 N–H and O–H groups in total. The maximum atomic E-state index is 14.2. The standard InChI is InChI=1S/C27H31F4N5O3/c1-16(39-15-18-5-8-20(38-2)9-6-18)21-11-19(28)7-10-22(21)35-23(12-25(32)27(29,30)31)26(37)24(36-33)14-34-13-17-3-4-17/h5-12,14,16-17,26,37H,3-4,13,15,32-33H2,1-2H3/t16-,26?/m1/s1. The highest BCUT2D eigenvalue weighted by Gasteiger charge is 2.33. The number of hydrogen-bond donors (Lipinski definition) is 3. The average Bonchev–Trinajstić information content (AvgIpc) is 3.74. The van der Waals surface area contributed by atoms with Crippen molar-refractivity contribution in [2.45, 2.75) is 44.8 Å². The van der Waals surface area contributed by atoms with E-state index in [1.165, 1.54) is 12.3 Å². The van der Waals surface area contributed by atoms with E-state index in [-0.39, 0.29) is 23.6 Å². The fourth-order valence-electron chi connectivity index (χ4n) is 3.46. The molecule has 12 heteroatoms. The predicted molar refractivity (Wildman–Crippen MR) is 142 cm³/mol. The van der Waals surface area contributed by atoms with Crippen LogP contribution < -0.4 is 16.3 Å². The number of alkyl halides is 3. The molecule has 1 unspecified atom stereocenters. The van der Waals surface area contributed by atoms with Gasteiger partial charge in [-0.1, -0.05) is 12.1 Å². The summed E-state index contributed by atoms with van der Waals surface area (Å²) in [4.78, 5) is 8.39. The van der Waals surface area contributed by atoms with Crippen molar-refractivity contribution in [3.63, 3.8) is 0 Å². The van der Waals surface area contributed by atoms with Gasteiger partial charge in [-0.3, -0.25) is 4.99 Å². The van der Waals surface area contributed by atoms with Gasteiger partial charge in [0.1, 0.15) is 29.1 Å². The van der Waals surface area contributed by atoms with E-state index in [9.17, 15) is 22.7 Å². The molecule has 0 aromatic heterocycles. The number of rotatable bonds is 12. The number of nitrogens with two attached hydrogens (primary N) is 2. The lowest BCUT2D eigenvalue weighted by atomic mass is 10.1. The summed E-state index contributed by atoms with van der Waals surface area (Å²) in [5.74, 6) is 5.88. The Kier molecular flexibility index (Phi) is 10.2. The summed E-state index contributed by atoms with van der Waals surface area (Å²) in [6.45, 7) is 2.28. The molecule has 8 nitrogen and oxygen atoms in total. The smallest absolute Gasteiger partial charge is 0.430 e. The summed E-state index contributed by atoms with van der Waals surface area (Å²) in [7, 11) is 1.55. The van der Waals surface area contributed by atoms with Crippen LogP contribution in [-0.4, -0.2) is 48.7 Å². The van der Waals surface area contributed by atoms with Gasteiger partial charge in [0.05, 0.1) is 31.2 Å². The Balaban J connectivity index is 1.94. The van der Waals surface area contributed by atoms with Crippen LogP contribution >= 0.6 is 0 Å². The number of aliphatic hydroxyl groups excluding tert-OH is 1. The zero-order valence-electron chi connectivity index (χ0n) is 21.5. The Morgan fingerprint density at radius 3 is 2.44 bits per heavy atom. The minimum absolute atomic E-state index is 0.0604. The van der Waals surface area contributed by atoms with Crippen LogP contribution in [0.25, 0.3) is 0 Å². The number of nitrogens with zero attached hydrogens (tertiary/aromatic N) is 3. The molecule has 0 spiro atoms. The van der Waals surface area contributed by atoms with Crippen LogP contribution in [0.1, 0.15) is 37.0 Å². The van der Waals surface area contributed by atoms with E-state index in [0.29, 0.717) is 24.3 Å². The largest absolute Gasteiger partial charge is 0.497 e. The Bertz CT molecular complexity index is 1240. The van der Waals surface area contributed by atoms with Crippen molar-refractivity contribution in [1.29, 1.82) is 0 Å². The van der Waals surface area contributed by atoms with E-state index < -0.39 is 35.6 Å². The van der Waals surface area contributed by atoms with Crippen LogP contribution in [0.2, 0.25) is 0 Å². The molecule has 0 bridgehead atoms. The van der Waals surface area contributed by atoms with Gasteiger partial charge < -0.3 is 26.2 Å². The summed E-state index contributed by atoms with van der Waals surface area (Å²) >= 11 is 0. The highest BCUT2D eigenvalue weighted by Crippen LogP contribution is 2.31. The number of aliphatic imine (C=N–C) groups is 2. The van der Waals surface area contributed by atoms with Crippen LogP contribution in [-0.2, 0) is 11.3 Å². The van der Waals surface area contributed by atoms with Gasteiger partial charge in [0.25, 0.3) is 0 Å². The monoisotopic (exact) mass is 549 g/mol. The number of allylic oxidation sites excluding steroid dienone is 1. The number of hydrogen-bond acceptors (Lipinski definition) is 8. The molecule has 0 heterocycles. The van der Waals surface area contributed by atoms with E-state index >= 15 is 0 Å². The fraction of sp³-hybridized carbons (Fsp3) is 0.370. The second kappa shape index (κ2) is 13.3. The number of hydrazone groups is 1. The Morgan fingerprint density at radius 2 is 1.85 bits per heavy atom. The molecule has 3 rings (SSSR count). The number of halogens is 4. The molecule has 0 radical (unpaired) electrons. The van der Waals surface area contributed by atoms with Crippen molar-refractivity contribution in [3.05, 3.63) is 71.2 Å². The van der Waals surface area contributed by atoms with Crippen molar-refractivity contribution in [2.75, 3.05) is 13.7 Å². The first-order chi connectivity index (χ1) is 18.5. The first-order valence-corrected chi connectivity index (χ1v) is 12.1. The molecule has 1 fully saturated rings. The van der Waals surface area contributed by atoms with Crippen molar-refractivity contribution >= 4 is 23.3 Å². The number of methoxy groups -OCH3 is 1. The molecule has 39 heavy (non-hydrogen) atoms. The van der Waals surface area contributed by atoms with Crippen molar-refractivity contribution < 1.29 is 32.1 Å². The second-order valence-electron chi connectivity index (χ2n) is 9.03. The minimum atomic E-state index is -4.89. The lowest BCUT2D eigenvalue weighted by molar-refractivity contribution is -0.0925. The van der Waals surface area contributed by atoms with Crippen LogP contribution in [0.5, 0.6) is 5.75 Å². The van der Waals surface area contributed by atoms with Gasteiger partial charge in [-0.25, -0.2) is 9.38 Å². The normalized spacial score (nSPS) is 16.9. The van der Waals surface area contributed by atoms with Gasteiger partial charge in [0, 0.05) is 18.3 Å². The van der Waals surface area contributed by atoms with E-state index in [4.69, 9.17) is 21.1 Å². The Morgan fingerprint density at radius 1 is 1.15 bits per heavy atom. The molecule has 2 aromatic rings. The fourth-order valence-corrected chi connectivity index (χ4v) is 3.46. The van der Waals surface area contributed by atoms with Gasteiger partial charge >= 0.3 is 6.18 Å². The predicted octanol–water partition coefficient (Wildman–Crippen LogP) is 4.75. The van der Waals surface area contributed by atoms with E-state index in [2.05, 4.69) is 15.1 Å². The molecule has 2 atom stereocenters. The molecule has 1 aliphatic carbocycles. The summed E-state index contributed by atoms with van der Waals surface area (Å²) < 4.78 is 65.0. The summed E-state index contributed by atoms with van der Waals surface area (Å²) in [5, 5.41) is 14.4. The third kappa shape index (κ3) is 8.89. The topological polar surface area (TPSA) is 128 Å². The summed E-state index contributed by atoms with van der Waals surface area (Å²) in [6.07, 6.45) is -3.68. The lowest BCUT2D eigenvalue weighted by Gasteiger charge is -2.18. The van der Waals surface area contributed by atoms with Gasteiger partial charge in [0.2, 0.25) is 0 Å². The minimum Gasteiger partial charge on any atom is -0.497 e. The molecule has 210 valence electrons. The number of ether oxygens (including phenoxy) is 2. The van der Waals surface area contributed by atoms with Crippen molar-refractivity contribution in [1.82, 2.24) is 0 Å². The maximum Gasteiger partial charge on any atom is 0.430 e. The average molecular weight is 550 g/mol. The highest BCUT2D eigenvalue weighted by molar-refractivity contribution is 6.39. The zero-order valence-corrected chi connectivity index (χ0v) is 21.5. The van der Waals surface area contributed by atoms with Crippen LogP contribution in [0, 0.1) is 11.7 Å². The van der Waals surface area contributed by atoms with E-state index in [1.807, 2.05) is 0 Å². The lowest BCUT2D eigenvalue weighted by Crippen LogP contribution is -2.33. The first-order valence-electron chi connectivity index (χ1n) is 12.1. The zero-order chi connectivity index (χ0) is 28.6. The molecule has 0 amide bonds. The van der Waals surface area contributed by atoms with Crippen molar-refractivity contribution in [2.24, 2.45) is 32.6 Å². The molecule has 0 aliphatic heterocycles. The number of benzene rings is 2. The first kappa shape index (κ1) is 29.8. The van der Waals surface area contributed by atoms with Crippen LogP contribution in [0.15, 0.2) is 69.3 Å². The molecule has 2 aromatic carbocycles. The summed E-state index contributed by atoms with van der Waals surface area (Å²) in [6, 6.07) is 10.6. The van der Waals surface area contributed by atoms with Crippen molar-refractivity contribution in [3.8, 4) is 5.75 Å². The molecular formula is C27H31F4N5O3. The second-order valence-corrected chi connectivity index (χ2v) is 9.03. The van der Waals surface area contributed by atoms with Gasteiger partial charge in [0.15, 0.2) is 0 Å². The molecule has 1 aliphatic rings. The Labute approximate surface area is 223 Å². The van der Waals surface area contributed by atoms with E-state index in [0.717, 1.165) is 30.5 Å². The van der Waals surface area contributed by atoms with Crippen LogP contribution in [0.3, 0.4) is 0 Å². The SMILES string of the molecule is COc1ccc(CO[C@H](C)c2cc(F)ccc2N=C(C=C(N)C(F)(F)F)C(O)C(C=NCC2CC2)=NN)cc1. The van der Waals surface area contributed by atoms with Gasteiger partial charge in [-0.15, -0.1) is 0 Å². The highest BCUT2D eigenvalue weighted by atomic mass is 19.4. The van der Waals surface area contributed by atoms with Gasteiger partial charge in [-0.2, -0.15) is 18.3 Å². The van der Waals surface area contributed by atoms with E-state index in [1.54, 1.807) is 38.3 Å². The Hall–Kier alpha value is -3.77. The number of aliphatic hydroxyl groups is 1. The van der Waals surface area contributed by atoms with Crippen LogP contribution in [0.4, 0.5) is 23.2 Å². The molecular weight excluding hydrogens is 518 g/mol. The molecule has 1 saturated carbocycles. The summed E-state index contributed by atoms with van der Waals surface area (Å²) in [5.41, 5.74) is 4.12.